The van der Waals surface area contributed by atoms with Crippen molar-refractivity contribution in [1.29, 1.82) is 0 Å². The third-order valence-corrected chi connectivity index (χ3v) is 4.22. The maximum Gasteiger partial charge on any atom is 0.278 e. The molecule has 3 rings (SSSR count). The molecule has 26 heavy (non-hydrogen) atoms. The highest BCUT2D eigenvalue weighted by atomic mass is 16.2. The van der Waals surface area contributed by atoms with Gasteiger partial charge in [0.1, 0.15) is 0 Å². The molecule has 1 aromatic heterocycles. The number of rotatable bonds is 5. The number of aromatic nitrogens is 2. The first-order chi connectivity index (χ1) is 12.6. The first-order valence-corrected chi connectivity index (χ1v) is 8.61. The first-order valence-electron chi connectivity index (χ1n) is 8.61. The van der Waals surface area contributed by atoms with Crippen molar-refractivity contribution in [3.63, 3.8) is 0 Å². The van der Waals surface area contributed by atoms with Gasteiger partial charge in [0, 0.05) is 25.0 Å². The fourth-order valence-electron chi connectivity index (χ4n) is 2.80. The van der Waals surface area contributed by atoms with Crippen LogP contribution in [0, 0.1) is 6.92 Å². The Labute approximate surface area is 153 Å². The van der Waals surface area contributed by atoms with Crippen molar-refractivity contribution in [3.05, 3.63) is 78.0 Å². The molecule has 0 bridgehead atoms. The largest absolute Gasteiger partial charge is 0.325 e. The lowest BCUT2D eigenvalue weighted by Crippen LogP contribution is -2.27. The van der Waals surface area contributed by atoms with Gasteiger partial charge in [-0.3, -0.25) is 4.79 Å². The van der Waals surface area contributed by atoms with Crippen molar-refractivity contribution in [1.82, 2.24) is 10.2 Å². The Bertz CT molecular complexity index is 878. The first kappa shape index (κ1) is 17.6. The number of hydrogen-bond donors (Lipinski definition) is 0. The van der Waals surface area contributed by atoms with E-state index in [9.17, 15) is 4.79 Å². The zero-order valence-electron chi connectivity index (χ0n) is 15.3. The van der Waals surface area contributed by atoms with Crippen molar-refractivity contribution in [2.24, 2.45) is 0 Å². The molecule has 1 heterocycles. The highest BCUT2D eigenvalue weighted by molar-refractivity contribution is 6.04. The van der Waals surface area contributed by atoms with Crippen molar-refractivity contribution >= 4 is 23.1 Å². The lowest BCUT2D eigenvalue weighted by atomic mass is 10.2. The fourth-order valence-corrected chi connectivity index (χ4v) is 2.80. The summed E-state index contributed by atoms with van der Waals surface area (Å²) in [7, 11) is 1.73. The molecule has 0 radical (unpaired) electrons. The molecule has 5 nitrogen and oxygen atoms in total. The van der Waals surface area contributed by atoms with Gasteiger partial charge in [-0.25, -0.2) is 0 Å². The van der Waals surface area contributed by atoms with Gasteiger partial charge < -0.3 is 9.80 Å². The van der Waals surface area contributed by atoms with Crippen LogP contribution in [0.1, 0.15) is 23.0 Å². The summed E-state index contributed by atoms with van der Waals surface area (Å²) in [4.78, 5) is 16.3. The van der Waals surface area contributed by atoms with Crippen molar-refractivity contribution in [2.45, 2.75) is 13.8 Å². The van der Waals surface area contributed by atoms with Crippen molar-refractivity contribution in [2.75, 3.05) is 23.4 Å². The molecule has 2 aromatic carbocycles. The number of para-hydroxylation sites is 1. The van der Waals surface area contributed by atoms with E-state index in [-0.39, 0.29) is 5.91 Å². The highest BCUT2D eigenvalue weighted by Gasteiger charge is 2.16. The van der Waals surface area contributed by atoms with E-state index in [1.807, 2.05) is 48.5 Å². The lowest BCUT2D eigenvalue weighted by Gasteiger charge is -2.22. The number of carbonyl (C=O) groups excluding carboxylic acids is 1. The summed E-state index contributed by atoms with van der Waals surface area (Å²) >= 11 is 0. The van der Waals surface area contributed by atoms with Crippen LogP contribution in [-0.2, 0) is 0 Å². The summed E-state index contributed by atoms with van der Waals surface area (Å²) in [5.41, 5.74) is 3.38. The second-order valence-electron chi connectivity index (χ2n) is 6.06. The molecule has 5 heteroatoms. The quantitative estimate of drug-likeness (QED) is 0.694. The SMILES string of the molecule is CCN(c1cccc(C)c1)c1ccc(C(=O)N(C)c2ccccc2)nn1. The Hall–Kier alpha value is -3.21. The standard InChI is InChI=1S/C21H22N4O/c1-4-25(18-12-8-9-16(2)15-18)20-14-13-19(22-23-20)21(26)24(3)17-10-6-5-7-11-17/h5-15H,4H2,1-3H3. The number of anilines is 3. The molecule has 1 amide bonds. The summed E-state index contributed by atoms with van der Waals surface area (Å²) in [5.74, 6) is 0.533. The lowest BCUT2D eigenvalue weighted by molar-refractivity contribution is 0.0987. The van der Waals surface area contributed by atoms with Gasteiger partial charge in [-0.1, -0.05) is 30.3 Å². The monoisotopic (exact) mass is 346 g/mol. The number of benzene rings is 2. The minimum absolute atomic E-state index is 0.186. The summed E-state index contributed by atoms with van der Waals surface area (Å²) in [6, 6.07) is 21.3. The van der Waals surface area contributed by atoms with E-state index in [0.717, 1.165) is 23.7 Å². The molecule has 0 aliphatic rings. The molecular formula is C21H22N4O. The van der Waals surface area contributed by atoms with Crippen molar-refractivity contribution in [3.8, 4) is 0 Å². The average Bonchev–Trinajstić information content (AvgIpc) is 2.69. The zero-order valence-corrected chi connectivity index (χ0v) is 15.3. The number of hydrogen-bond acceptors (Lipinski definition) is 4. The van der Waals surface area contributed by atoms with E-state index in [1.54, 1.807) is 18.0 Å². The van der Waals surface area contributed by atoms with Gasteiger partial charge in [0.2, 0.25) is 0 Å². The van der Waals surface area contributed by atoms with Gasteiger partial charge in [0.05, 0.1) is 0 Å². The van der Waals surface area contributed by atoms with Crippen LogP contribution in [0.5, 0.6) is 0 Å². The van der Waals surface area contributed by atoms with Gasteiger partial charge in [-0.05, 0) is 55.8 Å². The van der Waals surface area contributed by atoms with E-state index in [1.165, 1.54) is 5.56 Å². The average molecular weight is 346 g/mol. The molecule has 132 valence electrons. The van der Waals surface area contributed by atoms with Gasteiger partial charge in [-0.2, -0.15) is 0 Å². The van der Waals surface area contributed by atoms with E-state index in [4.69, 9.17) is 0 Å². The molecule has 0 unspecified atom stereocenters. The second-order valence-corrected chi connectivity index (χ2v) is 6.06. The topological polar surface area (TPSA) is 49.3 Å². The van der Waals surface area contributed by atoms with Crippen molar-refractivity contribution < 1.29 is 4.79 Å². The third-order valence-electron chi connectivity index (χ3n) is 4.22. The Morgan fingerprint density at radius 1 is 0.923 bits per heavy atom. The molecule has 0 aliphatic heterocycles. The maximum atomic E-state index is 12.6. The minimum atomic E-state index is -0.186. The van der Waals surface area contributed by atoms with Crippen LogP contribution in [0.3, 0.4) is 0 Å². The predicted octanol–water partition coefficient (Wildman–Crippen LogP) is 4.22. The van der Waals surface area contributed by atoms with Gasteiger partial charge >= 0.3 is 0 Å². The molecular weight excluding hydrogens is 324 g/mol. The maximum absolute atomic E-state index is 12.6. The molecule has 0 atom stereocenters. The van der Waals surface area contributed by atoms with Crippen LogP contribution in [-0.4, -0.2) is 29.7 Å². The van der Waals surface area contributed by atoms with E-state index in [0.29, 0.717) is 5.69 Å². The zero-order chi connectivity index (χ0) is 18.5. The van der Waals surface area contributed by atoms with Gasteiger partial charge in [0.25, 0.3) is 5.91 Å². The number of aryl methyl sites for hydroxylation is 1. The van der Waals surface area contributed by atoms with Gasteiger partial charge in [-0.15, -0.1) is 10.2 Å². The van der Waals surface area contributed by atoms with Crippen LogP contribution in [0.2, 0.25) is 0 Å². The summed E-state index contributed by atoms with van der Waals surface area (Å²) in [6.07, 6.45) is 0. The summed E-state index contributed by atoms with van der Waals surface area (Å²) < 4.78 is 0. The molecule has 0 N–H and O–H groups in total. The number of carbonyl (C=O) groups is 1. The van der Waals surface area contributed by atoms with Crippen LogP contribution in [0.15, 0.2) is 66.7 Å². The molecule has 0 aliphatic carbocycles. The summed E-state index contributed by atoms with van der Waals surface area (Å²) in [6.45, 7) is 4.88. The van der Waals surface area contributed by atoms with E-state index in [2.05, 4.69) is 41.1 Å². The normalized spacial score (nSPS) is 10.4. The Morgan fingerprint density at radius 3 is 2.27 bits per heavy atom. The molecule has 0 spiro atoms. The Balaban J connectivity index is 1.82. The van der Waals surface area contributed by atoms with E-state index >= 15 is 0 Å². The van der Waals surface area contributed by atoms with Crippen LogP contribution < -0.4 is 9.80 Å². The predicted molar refractivity (Wildman–Crippen MR) is 105 cm³/mol. The van der Waals surface area contributed by atoms with Crippen LogP contribution >= 0.6 is 0 Å². The van der Waals surface area contributed by atoms with E-state index < -0.39 is 0 Å². The molecule has 0 saturated heterocycles. The minimum Gasteiger partial charge on any atom is -0.325 e. The highest BCUT2D eigenvalue weighted by Crippen LogP contribution is 2.24. The Morgan fingerprint density at radius 2 is 1.65 bits per heavy atom. The molecule has 0 saturated carbocycles. The smallest absolute Gasteiger partial charge is 0.278 e. The number of amides is 1. The fraction of sp³-hybridized carbons (Fsp3) is 0.190. The number of nitrogens with zero attached hydrogens (tertiary/aromatic N) is 4. The second kappa shape index (κ2) is 7.78. The van der Waals surface area contributed by atoms with Gasteiger partial charge in [0.15, 0.2) is 11.5 Å². The Kier molecular flexibility index (Phi) is 5.27. The van der Waals surface area contributed by atoms with Crippen LogP contribution in [0.4, 0.5) is 17.2 Å². The van der Waals surface area contributed by atoms with Crippen LogP contribution in [0.25, 0.3) is 0 Å². The summed E-state index contributed by atoms with van der Waals surface area (Å²) in [5, 5.41) is 8.44. The third kappa shape index (κ3) is 3.72. The molecule has 3 aromatic rings. The molecule has 0 fully saturated rings.